The van der Waals surface area contributed by atoms with Gasteiger partial charge in [-0.05, 0) is 42.7 Å². The maximum Gasteiger partial charge on any atom is 0.216 e. The van der Waals surface area contributed by atoms with E-state index < -0.39 is 10.0 Å². The fraction of sp³-hybridized carbons (Fsp3) is 0.350. The van der Waals surface area contributed by atoms with Crippen molar-refractivity contribution in [3.8, 4) is 0 Å². The lowest BCUT2D eigenvalue weighted by atomic mass is 10.1. The van der Waals surface area contributed by atoms with E-state index in [1.165, 1.54) is 12.1 Å². The van der Waals surface area contributed by atoms with Crippen LogP contribution in [-0.2, 0) is 28.9 Å². The summed E-state index contributed by atoms with van der Waals surface area (Å²) in [6.45, 7) is 4.42. The first-order chi connectivity index (χ1) is 13.3. The Kier molecular flexibility index (Phi) is 7.95. The molecule has 2 rings (SSSR count). The lowest BCUT2D eigenvalue weighted by Gasteiger charge is -2.15. The summed E-state index contributed by atoms with van der Waals surface area (Å²) >= 11 is 0. The van der Waals surface area contributed by atoms with Crippen LogP contribution in [0.5, 0.6) is 0 Å². The van der Waals surface area contributed by atoms with Gasteiger partial charge in [0.25, 0.3) is 0 Å². The Labute approximate surface area is 166 Å². The number of benzene rings is 2. The molecule has 0 saturated carbocycles. The second-order valence-corrected chi connectivity index (χ2v) is 8.46. The molecule has 0 heterocycles. The maximum absolute atomic E-state index is 13.3. The summed E-state index contributed by atoms with van der Waals surface area (Å²) < 4.78 is 40.4. The third-order valence-electron chi connectivity index (χ3n) is 3.90. The van der Waals surface area contributed by atoms with Gasteiger partial charge in [-0.2, -0.15) is 0 Å². The molecule has 0 radical (unpaired) electrons. The van der Waals surface area contributed by atoms with Crippen molar-refractivity contribution in [1.82, 2.24) is 15.4 Å². The minimum absolute atomic E-state index is 0.0850. The number of nitrogens with one attached hydrogen (secondary N) is 3. The number of hydrogen-bond donors (Lipinski definition) is 3. The van der Waals surface area contributed by atoms with Crippen LogP contribution in [0.25, 0.3) is 0 Å². The van der Waals surface area contributed by atoms with Crippen LogP contribution in [0.3, 0.4) is 0 Å². The molecule has 3 N–H and O–H groups in total. The molecule has 0 amide bonds. The summed E-state index contributed by atoms with van der Waals surface area (Å²) in [5, 5.41) is 6.29. The zero-order chi connectivity index (χ0) is 20.6. The van der Waals surface area contributed by atoms with Gasteiger partial charge in [-0.15, -0.1) is 0 Å². The Hall–Kier alpha value is -2.45. The second-order valence-electron chi connectivity index (χ2n) is 6.71. The maximum atomic E-state index is 13.3. The van der Waals surface area contributed by atoms with Crippen molar-refractivity contribution in [2.45, 2.75) is 38.7 Å². The topological polar surface area (TPSA) is 82.6 Å². The number of rotatable bonds is 8. The van der Waals surface area contributed by atoms with Gasteiger partial charge in [0.15, 0.2) is 5.96 Å². The molecule has 0 aliphatic carbocycles. The van der Waals surface area contributed by atoms with E-state index >= 15 is 0 Å². The summed E-state index contributed by atoms with van der Waals surface area (Å²) in [6.07, 6.45) is 0. The molecule has 6 nitrogen and oxygen atoms in total. The number of sulfonamides is 1. The molecule has 152 valence electrons. The third-order valence-corrected chi connectivity index (χ3v) is 5.42. The number of guanidine groups is 1. The lowest BCUT2D eigenvalue weighted by Crippen LogP contribution is -2.36. The second kappa shape index (κ2) is 10.2. The summed E-state index contributed by atoms with van der Waals surface area (Å²) in [5.74, 6) is 0.174. The molecule has 0 atom stereocenters. The Morgan fingerprint density at radius 1 is 1.04 bits per heavy atom. The van der Waals surface area contributed by atoms with Crippen molar-refractivity contribution in [3.63, 3.8) is 0 Å². The van der Waals surface area contributed by atoms with Gasteiger partial charge >= 0.3 is 0 Å². The minimum Gasteiger partial charge on any atom is -0.352 e. The fourth-order valence-corrected chi connectivity index (χ4v) is 4.20. The van der Waals surface area contributed by atoms with Gasteiger partial charge in [0.05, 0.1) is 5.75 Å². The Bertz CT molecular complexity index is 914. The molecule has 0 aliphatic heterocycles. The number of halogens is 1. The van der Waals surface area contributed by atoms with E-state index in [1.807, 2.05) is 24.3 Å². The SMILES string of the molecule is CN=C(NCc1cccc(F)c1)NCc1ccccc1CS(=O)(=O)NC(C)C. The van der Waals surface area contributed by atoms with E-state index in [2.05, 4.69) is 20.3 Å². The van der Waals surface area contributed by atoms with Crippen LogP contribution < -0.4 is 15.4 Å². The first-order valence-corrected chi connectivity index (χ1v) is 10.7. The van der Waals surface area contributed by atoms with Gasteiger partial charge in [0.2, 0.25) is 10.0 Å². The van der Waals surface area contributed by atoms with E-state index in [4.69, 9.17) is 0 Å². The van der Waals surface area contributed by atoms with Crippen LogP contribution in [0.2, 0.25) is 0 Å². The highest BCUT2D eigenvalue weighted by atomic mass is 32.2. The smallest absolute Gasteiger partial charge is 0.216 e. The quantitative estimate of drug-likeness (QED) is 0.465. The molecule has 2 aromatic rings. The zero-order valence-electron chi connectivity index (χ0n) is 16.4. The predicted molar refractivity (Wildman–Crippen MR) is 111 cm³/mol. The van der Waals surface area contributed by atoms with Crippen molar-refractivity contribution in [3.05, 3.63) is 71.0 Å². The highest BCUT2D eigenvalue weighted by Gasteiger charge is 2.15. The number of hydrogen-bond acceptors (Lipinski definition) is 3. The molecule has 0 spiro atoms. The Morgan fingerprint density at radius 2 is 1.71 bits per heavy atom. The predicted octanol–water partition coefficient (Wildman–Crippen LogP) is 2.52. The summed E-state index contributed by atoms with van der Waals surface area (Å²) in [7, 11) is -1.77. The zero-order valence-corrected chi connectivity index (χ0v) is 17.2. The van der Waals surface area contributed by atoms with E-state index in [1.54, 1.807) is 33.0 Å². The van der Waals surface area contributed by atoms with Crippen molar-refractivity contribution < 1.29 is 12.8 Å². The molecular weight excluding hydrogens is 379 g/mol. The molecule has 0 unspecified atom stereocenters. The molecule has 28 heavy (non-hydrogen) atoms. The van der Waals surface area contributed by atoms with Gasteiger partial charge in [0.1, 0.15) is 5.82 Å². The van der Waals surface area contributed by atoms with Gasteiger partial charge in [0, 0.05) is 26.2 Å². The molecule has 0 aromatic heterocycles. The minimum atomic E-state index is -3.41. The van der Waals surface area contributed by atoms with Crippen LogP contribution >= 0.6 is 0 Å². The molecule has 0 fully saturated rings. The van der Waals surface area contributed by atoms with Crippen molar-refractivity contribution in [2.75, 3.05) is 7.05 Å². The van der Waals surface area contributed by atoms with Gasteiger partial charge in [-0.3, -0.25) is 4.99 Å². The molecular formula is C20H27FN4O2S. The summed E-state index contributed by atoms with van der Waals surface area (Å²) in [4.78, 5) is 4.15. The lowest BCUT2D eigenvalue weighted by molar-refractivity contribution is 0.568. The first kappa shape index (κ1) is 21.8. The fourth-order valence-electron chi connectivity index (χ4n) is 2.71. The molecule has 8 heteroatoms. The molecule has 0 saturated heterocycles. The van der Waals surface area contributed by atoms with Crippen LogP contribution in [0.1, 0.15) is 30.5 Å². The highest BCUT2D eigenvalue weighted by molar-refractivity contribution is 7.88. The Morgan fingerprint density at radius 3 is 2.36 bits per heavy atom. The highest BCUT2D eigenvalue weighted by Crippen LogP contribution is 2.12. The van der Waals surface area contributed by atoms with Crippen LogP contribution in [0, 0.1) is 5.82 Å². The average molecular weight is 407 g/mol. The van der Waals surface area contributed by atoms with Crippen molar-refractivity contribution in [2.24, 2.45) is 4.99 Å². The van der Waals surface area contributed by atoms with Crippen LogP contribution in [-0.4, -0.2) is 27.5 Å². The third kappa shape index (κ3) is 7.28. The number of aliphatic imine (C=N–C) groups is 1. The van der Waals surface area contributed by atoms with E-state index in [9.17, 15) is 12.8 Å². The largest absolute Gasteiger partial charge is 0.352 e. The molecule has 0 bridgehead atoms. The summed E-state index contributed by atoms with van der Waals surface area (Å²) in [5.41, 5.74) is 2.39. The van der Waals surface area contributed by atoms with Crippen molar-refractivity contribution >= 4 is 16.0 Å². The van der Waals surface area contributed by atoms with E-state index in [0.717, 1.165) is 16.7 Å². The van der Waals surface area contributed by atoms with Crippen LogP contribution in [0.15, 0.2) is 53.5 Å². The van der Waals surface area contributed by atoms with Crippen LogP contribution in [0.4, 0.5) is 4.39 Å². The van der Waals surface area contributed by atoms with Crippen molar-refractivity contribution in [1.29, 1.82) is 0 Å². The Balaban J connectivity index is 1.99. The van der Waals surface area contributed by atoms with E-state index in [-0.39, 0.29) is 17.6 Å². The monoisotopic (exact) mass is 406 g/mol. The average Bonchev–Trinajstić information content (AvgIpc) is 2.61. The standard InChI is InChI=1S/C20H27FN4O2S/c1-15(2)25-28(26,27)14-18-9-5-4-8-17(18)13-24-20(22-3)23-12-16-7-6-10-19(21)11-16/h4-11,15,25H,12-14H2,1-3H3,(H2,22,23,24). The number of nitrogens with zero attached hydrogens (tertiary/aromatic N) is 1. The van der Waals surface area contributed by atoms with E-state index in [0.29, 0.717) is 19.0 Å². The van der Waals surface area contributed by atoms with Gasteiger partial charge in [-0.1, -0.05) is 36.4 Å². The normalized spacial score (nSPS) is 12.2. The van der Waals surface area contributed by atoms with Gasteiger partial charge in [-0.25, -0.2) is 17.5 Å². The molecule has 2 aromatic carbocycles. The van der Waals surface area contributed by atoms with Gasteiger partial charge < -0.3 is 10.6 Å². The molecule has 0 aliphatic rings. The first-order valence-electron chi connectivity index (χ1n) is 9.05. The summed E-state index contributed by atoms with van der Waals surface area (Å²) in [6, 6.07) is 13.6.